The summed E-state index contributed by atoms with van der Waals surface area (Å²) >= 11 is 12.3. The number of benzene rings is 3. The van der Waals surface area contributed by atoms with Gasteiger partial charge in [0, 0.05) is 40.5 Å². The molecule has 178 valence electrons. The molecule has 3 aromatic carbocycles. The van der Waals surface area contributed by atoms with Gasteiger partial charge in [0.2, 0.25) is 6.79 Å². The third-order valence-corrected chi connectivity index (χ3v) is 6.55. The van der Waals surface area contributed by atoms with Crippen LogP contribution < -0.4 is 20.2 Å². The number of anilines is 1. The Kier molecular flexibility index (Phi) is 6.53. The number of aromatic nitrogens is 1. The number of ether oxygens (including phenoxy) is 2. The van der Waals surface area contributed by atoms with E-state index in [4.69, 9.17) is 32.7 Å². The lowest BCUT2D eigenvalue weighted by Crippen LogP contribution is -2.25. The van der Waals surface area contributed by atoms with Gasteiger partial charge in [-0.2, -0.15) is 5.10 Å². The van der Waals surface area contributed by atoms with E-state index in [9.17, 15) is 4.79 Å². The van der Waals surface area contributed by atoms with Crippen molar-refractivity contribution >= 4 is 51.9 Å². The molecule has 2 N–H and O–H groups in total. The Balaban J connectivity index is 1.28. The summed E-state index contributed by atoms with van der Waals surface area (Å²) in [6.07, 6.45) is 1.68. The molecular weight excluding hydrogens is 487 g/mol. The molecule has 2 heterocycles. The van der Waals surface area contributed by atoms with E-state index in [1.54, 1.807) is 24.4 Å². The number of hydrogen-bond acceptors (Lipinski definition) is 5. The molecule has 0 atom stereocenters. The van der Waals surface area contributed by atoms with E-state index in [-0.39, 0.29) is 19.2 Å². The summed E-state index contributed by atoms with van der Waals surface area (Å²) in [6.45, 7) is 2.93. The Bertz CT molecular complexity index is 1450. The first-order valence-corrected chi connectivity index (χ1v) is 11.7. The number of halogens is 2. The fourth-order valence-corrected chi connectivity index (χ4v) is 4.36. The van der Waals surface area contributed by atoms with Crippen LogP contribution in [0.15, 0.2) is 65.8 Å². The maximum atomic E-state index is 12.3. The van der Waals surface area contributed by atoms with Crippen molar-refractivity contribution in [2.24, 2.45) is 5.10 Å². The largest absolute Gasteiger partial charge is 0.454 e. The lowest BCUT2D eigenvalue weighted by Gasteiger charge is -2.09. The molecule has 5 rings (SSSR count). The molecular formula is C26H22Cl2N4O3. The lowest BCUT2D eigenvalue weighted by atomic mass is 10.1. The van der Waals surface area contributed by atoms with Gasteiger partial charge in [-0.3, -0.25) is 4.79 Å². The van der Waals surface area contributed by atoms with Crippen LogP contribution >= 0.6 is 23.2 Å². The average molecular weight is 509 g/mol. The van der Waals surface area contributed by atoms with E-state index >= 15 is 0 Å². The normalized spacial score (nSPS) is 12.4. The zero-order valence-electron chi connectivity index (χ0n) is 18.8. The predicted molar refractivity (Wildman–Crippen MR) is 139 cm³/mol. The van der Waals surface area contributed by atoms with Crippen molar-refractivity contribution in [3.05, 3.63) is 87.5 Å². The Morgan fingerprint density at radius 1 is 1.06 bits per heavy atom. The van der Waals surface area contributed by atoms with E-state index in [2.05, 4.69) is 26.5 Å². The van der Waals surface area contributed by atoms with Crippen LogP contribution in [0.3, 0.4) is 0 Å². The van der Waals surface area contributed by atoms with Gasteiger partial charge in [-0.05, 0) is 42.8 Å². The molecule has 7 nitrogen and oxygen atoms in total. The Morgan fingerprint density at radius 3 is 2.74 bits per heavy atom. The minimum Gasteiger partial charge on any atom is -0.454 e. The van der Waals surface area contributed by atoms with Gasteiger partial charge in [-0.25, -0.2) is 5.43 Å². The van der Waals surface area contributed by atoms with Crippen LogP contribution in [-0.2, 0) is 11.3 Å². The van der Waals surface area contributed by atoms with E-state index in [1.807, 2.05) is 43.3 Å². The second-order valence-electron chi connectivity index (χ2n) is 8.07. The molecule has 0 unspecified atom stereocenters. The topological polar surface area (TPSA) is 76.9 Å². The second-order valence-corrected chi connectivity index (χ2v) is 8.88. The van der Waals surface area contributed by atoms with Gasteiger partial charge in [0.25, 0.3) is 5.91 Å². The Labute approximate surface area is 212 Å². The number of nitrogens with one attached hydrogen (secondary N) is 2. The zero-order valence-corrected chi connectivity index (χ0v) is 20.4. The molecule has 1 aromatic heterocycles. The Hall–Kier alpha value is -3.68. The van der Waals surface area contributed by atoms with Crippen LogP contribution in [0.25, 0.3) is 10.9 Å². The molecule has 0 radical (unpaired) electrons. The predicted octanol–water partition coefficient (Wildman–Crippen LogP) is 5.60. The van der Waals surface area contributed by atoms with Crippen LogP contribution in [0.4, 0.5) is 5.69 Å². The maximum Gasteiger partial charge on any atom is 0.259 e. The van der Waals surface area contributed by atoms with Crippen LogP contribution in [0.1, 0.15) is 16.8 Å². The SMILES string of the molecule is Cc1c(C=NNC(=O)CNc2ccc3c(c2)OCO3)c2ccccc2n1Cc1ccc(Cl)c(Cl)c1. The van der Waals surface area contributed by atoms with E-state index in [1.165, 1.54) is 0 Å². The van der Waals surface area contributed by atoms with Gasteiger partial charge in [0.05, 0.1) is 22.8 Å². The number of rotatable bonds is 7. The molecule has 1 aliphatic rings. The molecule has 35 heavy (non-hydrogen) atoms. The van der Waals surface area contributed by atoms with Crippen LogP contribution in [0, 0.1) is 6.92 Å². The summed E-state index contributed by atoms with van der Waals surface area (Å²) in [5.41, 5.74) is 7.40. The van der Waals surface area contributed by atoms with E-state index in [0.29, 0.717) is 28.1 Å². The van der Waals surface area contributed by atoms with Gasteiger partial charge in [0.1, 0.15) is 0 Å². The summed E-state index contributed by atoms with van der Waals surface area (Å²) in [7, 11) is 0. The van der Waals surface area contributed by atoms with Crippen LogP contribution in [0.5, 0.6) is 11.5 Å². The number of nitrogens with zero attached hydrogens (tertiary/aromatic N) is 2. The summed E-state index contributed by atoms with van der Waals surface area (Å²) in [6, 6.07) is 19.1. The zero-order chi connectivity index (χ0) is 24.4. The van der Waals surface area contributed by atoms with Gasteiger partial charge < -0.3 is 19.4 Å². The molecule has 1 amide bonds. The molecule has 0 aliphatic carbocycles. The number of para-hydroxylation sites is 1. The number of carbonyl (C=O) groups excluding carboxylic acids is 1. The number of hydrazone groups is 1. The standard InChI is InChI=1S/C26H22Cl2N4O3/c1-16-20(12-30-31-26(33)13-29-18-7-9-24-25(11-18)35-15-34-24)19-4-2-3-5-23(19)32(16)14-17-6-8-21(27)22(28)10-17/h2-12,29H,13-15H2,1H3,(H,31,33). The highest BCUT2D eigenvalue weighted by atomic mass is 35.5. The highest BCUT2D eigenvalue weighted by molar-refractivity contribution is 6.42. The Morgan fingerprint density at radius 2 is 1.89 bits per heavy atom. The molecule has 9 heteroatoms. The molecule has 0 saturated heterocycles. The number of fused-ring (bicyclic) bond motifs is 2. The van der Waals surface area contributed by atoms with Crippen LogP contribution in [0.2, 0.25) is 10.0 Å². The fraction of sp³-hybridized carbons (Fsp3) is 0.154. The van der Waals surface area contributed by atoms with Gasteiger partial charge >= 0.3 is 0 Å². The third-order valence-electron chi connectivity index (χ3n) is 5.81. The van der Waals surface area contributed by atoms with E-state index < -0.39 is 0 Å². The fourth-order valence-electron chi connectivity index (χ4n) is 4.04. The van der Waals surface area contributed by atoms with Gasteiger partial charge in [0.15, 0.2) is 11.5 Å². The molecule has 0 spiro atoms. The van der Waals surface area contributed by atoms with Crippen molar-refractivity contribution < 1.29 is 14.3 Å². The maximum absolute atomic E-state index is 12.3. The highest BCUT2D eigenvalue weighted by Crippen LogP contribution is 2.34. The minimum atomic E-state index is -0.267. The quantitative estimate of drug-likeness (QED) is 0.251. The second kappa shape index (κ2) is 9.90. The number of amides is 1. The third kappa shape index (κ3) is 4.92. The molecule has 0 fully saturated rings. The first-order chi connectivity index (χ1) is 17.0. The van der Waals surface area contributed by atoms with Gasteiger partial charge in [-0.1, -0.05) is 47.5 Å². The van der Waals surface area contributed by atoms with Crippen molar-refractivity contribution in [2.45, 2.75) is 13.5 Å². The van der Waals surface area contributed by atoms with Crippen molar-refractivity contribution in [1.82, 2.24) is 9.99 Å². The van der Waals surface area contributed by atoms with Crippen molar-refractivity contribution in [3.8, 4) is 11.5 Å². The van der Waals surface area contributed by atoms with Gasteiger partial charge in [-0.15, -0.1) is 0 Å². The average Bonchev–Trinajstić information content (AvgIpc) is 3.43. The van der Waals surface area contributed by atoms with E-state index in [0.717, 1.165) is 33.4 Å². The van der Waals surface area contributed by atoms with Crippen molar-refractivity contribution in [2.75, 3.05) is 18.7 Å². The molecule has 4 aromatic rings. The summed E-state index contributed by atoms with van der Waals surface area (Å²) in [4.78, 5) is 12.3. The minimum absolute atomic E-state index is 0.0645. The molecule has 0 bridgehead atoms. The monoisotopic (exact) mass is 508 g/mol. The summed E-state index contributed by atoms with van der Waals surface area (Å²) in [5.74, 6) is 1.08. The number of carbonyl (C=O) groups is 1. The number of hydrogen-bond donors (Lipinski definition) is 2. The lowest BCUT2D eigenvalue weighted by molar-refractivity contribution is -0.119. The van der Waals surface area contributed by atoms with Crippen LogP contribution in [-0.4, -0.2) is 30.0 Å². The highest BCUT2D eigenvalue weighted by Gasteiger charge is 2.15. The first-order valence-electron chi connectivity index (χ1n) is 11.0. The van der Waals surface area contributed by atoms with Crippen molar-refractivity contribution in [1.29, 1.82) is 0 Å². The van der Waals surface area contributed by atoms with Crippen molar-refractivity contribution in [3.63, 3.8) is 0 Å². The first kappa shape index (κ1) is 23.1. The molecule has 1 aliphatic heterocycles. The smallest absolute Gasteiger partial charge is 0.259 e. The summed E-state index contributed by atoms with van der Waals surface area (Å²) < 4.78 is 12.8. The molecule has 0 saturated carbocycles. The summed E-state index contributed by atoms with van der Waals surface area (Å²) in [5, 5.41) is 9.36.